The van der Waals surface area contributed by atoms with Crippen LogP contribution in [-0.2, 0) is 9.59 Å². The summed E-state index contributed by atoms with van der Waals surface area (Å²) in [4.78, 5) is 24.0. The molecule has 1 heterocycles. The van der Waals surface area contributed by atoms with Crippen molar-refractivity contribution in [3.63, 3.8) is 0 Å². The largest absolute Gasteiger partial charge is 0.474 e. The second-order valence-corrected chi connectivity index (χ2v) is 5.01. The van der Waals surface area contributed by atoms with Gasteiger partial charge in [0.2, 0.25) is 0 Å². The Hall–Kier alpha value is -1.91. The second-order valence-electron chi connectivity index (χ2n) is 5.01. The number of rotatable bonds is 1. The molecule has 1 N–H and O–H groups in total. The molecule has 0 spiro atoms. The van der Waals surface area contributed by atoms with Crippen molar-refractivity contribution >= 4 is 11.9 Å². The molecule has 1 aromatic carbocycles. The number of amides is 1. The summed E-state index contributed by atoms with van der Waals surface area (Å²) in [5.74, 6) is -2.40. The van der Waals surface area contributed by atoms with E-state index >= 15 is 0 Å². The third-order valence-electron chi connectivity index (χ3n) is 3.52. The first-order valence-electron chi connectivity index (χ1n) is 6.28. The van der Waals surface area contributed by atoms with E-state index in [0.29, 0.717) is 13.0 Å². The molecule has 0 radical (unpaired) electrons. The van der Waals surface area contributed by atoms with E-state index in [9.17, 15) is 14.0 Å². The summed E-state index contributed by atoms with van der Waals surface area (Å²) in [5, 5.41) is 8.88. The summed E-state index contributed by atoms with van der Waals surface area (Å²) in [6.07, 6.45) is 1.62. The van der Waals surface area contributed by atoms with Crippen molar-refractivity contribution in [1.82, 2.24) is 4.90 Å². The molecule has 1 amide bonds. The fraction of sp³-hybridized carbons (Fsp3) is 0.429. The van der Waals surface area contributed by atoms with E-state index < -0.39 is 11.9 Å². The number of hydrogen-bond donors (Lipinski definition) is 1. The van der Waals surface area contributed by atoms with Crippen LogP contribution in [0.25, 0.3) is 0 Å². The fourth-order valence-electron chi connectivity index (χ4n) is 2.53. The average Bonchev–Trinajstić information content (AvgIpc) is 2.39. The highest BCUT2D eigenvalue weighted by molar-refractivity contribution is 6.31. The number of aliphatic carboxylic acids is 1. The van der Waals surface area contributed by atoms with Crippen LogP contribution in [0.3, 0.4) is 0 Å². The van der Waals surface area contributed by atoms with Gasteiger partial charge in [-0.2, -0.15) is 0 Å². The normalized spacial score (nSPS) is 23.2. The lowest BCUT2D eigenvalue weighted by atomic mass is 9.90. The first-order valence-corrected chi connectivity index (χ1v) is 6.28. The van der Waals surface area contributed by atoms with Crippen molar-refractivity contribution < 1.29 is 19.1 Å². The highest BCUT2D eigenvalue weighted by Gasteiger charge is 2.33. The Morgan fingerprint density at radius 2 is 1.89 bits per heavy atom. The Labute approximate surface area is 110 Å². The molecule has 19 heavy (non-hydrogen) atoms. The number of halogens is 1. The number of carboxylic acid groups (broad SMARTS) is 1. The second kappa shape index (κ2) is 5.38. The monoisotopic (exact) mass is 265 g/mol. The lowest BCUT2D eigenvalue weighted by Crippen LogP contribution is -2.44. The standard InChI is InChI=1S/C14H16FNO3/c1-9-2-7-12(10-3-5-11(15)6-4-10)16(8-9)13(17)14(18)19/h3-6,9,12H,2,7-8H2,1H3,(H,18,19)/t9-,12+/m0/s1. The maximum Gasteiger partial charge on any atom is 0.394 e. The van der Waals surface area contributed by atoms with Gasteiger partial charge in [0.05, 0.1) is 6.04 Å². The molecular formula is C14H16FNO3. The van der Waals surface area contributed by atoms with E-state index in [1.54, 1.807) is 12.1 Å². The fourth-order valence-corrected chi connectivity index (χ4v) is 2.53. The summed E-state index contributed by atoms with van der Waals surface area (Å²) >= 11 is 0. The first kappa shape index (κ1) is 13.5. The molecular weight excluding hydrogens is 249 g/mol. The van der Waals surface area contributed by atoms with Gasteiger partial charge in [0.15, 0.2) is 0 Å². The molecule has 1 aliphatic rings. The average molecular weight is 265 g/mol. The zero-order valence-electron chi connectivity index (χ0n) is 10.7. The molecule has 1 aromatic rings. The van der Waals surface area contributed by atoms with E-state index in [1.165, 1.54) is 17.0 Å². The molecule has 0 unspecified atom stereocenters. The minimum absolute atomic E-state index is 0.277. The molecule has 5 heteroatoms. The van der Waals surface area contributed by atoms with Crippen molar-refractivity contribution in [2.75, 3.05) is 6.54 Å². The van der Waals surface area contributed by atoms with E-state index in [1.807, 2.05) is 6.92 Å². The van der Waals surface area contributed by atoms with Gasteiger partial charge < -0.3 is 10.0 Å². The topological polar surface area (TPSA) is 57.6 Å². The number of benzene rings is 1. The zero-order chi connectivity index (χ0) is 14.0. The predicted molar refractivity (Wildman–Crippen MR) is 66.9 cm³/mol. The Morgan fingerprint density at radius 3 is 2.47 bits per heavy atom. The van der Waals surface area contributed by atoms with Gasteiger partial charge in [-0.05, 0) is 36.5 Å². The van der Waals surface area contributed by atoms with E-state index in [-0.39, 0.29) is 17.8 Å². The first-order chi connectivity index (χ1) is 8.99. The van der Waals surface area contributed by atoms with E-state index in [2.05, 4.69) is 0 Å². The molecule has 0 aromatic heterocycles. The Bertz CT molecular complexity index is 486. The molecule has 2 atom stereocenters. The quantitative estimate of drug-likeness (QED) is 0.792. The van der Waals surface area contributed by atoms with E-state index in [4.69, 9.17) is 5.11 Å². The molecule has 1 aliphatic heterocycles. The molecule has 0 aliphatic carbocycles. The summed E-state index contributed by atoms with van der Waals surface area (Å²) < 4.78 is 12.9. The lowest BCUT2D eigenvalue weighted by Gasteiger charge is -2.38. The third kappa shape index (κ3) is 2.92. The minimum Gasteiger partial charge on any atom is -0.474 e. The van der Waals surface area contributed by atoms with Gasteiger partial charge in [0.25, 0.3) is 0 Å². The van der Waals surface area contributed by atoms with Crippen molar-refractivity contribution in [1.29, 1.82) is 0 Å². The van der Waals surface area contributed by atoms with Gasteiger partial charge in [0, 0.05) is 6.54 Å². The van der Waals surface area contributed by atoms with Gasteiger partial charge in [-0.3, -0.25) is 4.79 Å². The lowest BCUT2D eigenvalue weighted by molar-refractivity contribution is -0.158. The van der Waals surface area contributed by atoms with Crippen molar-refractivity contribution in [2.45, 2.75) is 25.8 Å². The molecule has 0 bridgehead atoms. The van der Waals surface area contributed by atoms with Crippen LogP contribution < -0.4 is 0 Å². The molecule has 0 saturated carbocycles. The number of hydrogen-bond acceptors (Lipinski definition) is 2. The number of carbonyl (C=O) groups excluding carboxylic acids is 1. The molecule has 102 valence electrons. The Morgan fingerprint density at radius 1 is 1.26 bits per heavy atom. The van der Waals surface area contributed by atoms with Crippen LogP contribution in [0, 0.1) is 11.7 Å². The zero-order valence-corrected chi connectivity index (χ0v) is 10.7. The maximum atomic E-state index is 12.9. The van der Waals surface area contributed by atoms with Crippen LogP contribution in [0.1, 0.15) is 31.4 Å². The number of carboxylic acids is 1. The van der Waals surface area contributed by atoms with Gasteiger partial charge >= 0.3 is 11.9 Å². The Balaban J connectivity index is 2.27. The molecule has 2 rings (SSSR count). The highest BCUT2D eigenvalue weighted by Crippen LogP contribution is 2.33. The minimum atomic E-state index is -1.44. The summed E-state index contributed by atoms with van der Waals surface area (Å²) in [5.41, 5.74) is 0.780. The van der Waals surface area contributed by atoms with Crippen LogP contribution in [0.2, 0.25) is 0 Å². The van der Waals surface area contributed by atoms with Crippen molar-refractivity contribution in [3.05, 3.63) is 35.6 Å². The Kier molecular flexibility index (Phi) is 3.83. The van der Waals surface area contributed by atoms with Gasteiger partial charge in [-0.25, -0.2) is 9.18 Å². The van der Waals surface area contributed by atoms with Crippen LogP contribution in [0.15, 0.2) is 24.3 Å². The van der Waals surface area contributed by atoms with Gasteiger partial charge in [-0.15, -0.1) is 0 Å². The predicted octanol–water partition coefficient (Wildman–Crippen LogP) is 2.21. The number of piperidine rings is 1. The van der Waals surface area contributed by atoms with Crippen LogP contribution in [0.5, 0.6) is 0 Å². The molecule has 1 fully saturated rings. The number of nitrogens with zero attached hydrogens (tertiary/aromatic N) is 1. The maximum absolute atomic E-state index is 12.9. The highest BCUT2D eigenvalue weighted by atomic mass is 19.1. The molecule has 4 nitrogen and oxygen atoms in total. The van der Waals surface area contributed by atoms with E-state index in [0.717, 1.165) is 12.0 Å². The molecule has 1 saturated heterocycles. The van der Waals surface area contributed by atoms with Crippen molar-refractivity contribution in [3.8, 4) is 0 Å². The van der Waals surface area contributed by atoms with Gasteiger partial charge in [-0.1, -0.05) is 19.1 Å². The van der Waals surface area contributed by atoms with Gasteiger partial charge in [0.1, 0.15) is 5.82 Å². The number of carbonyl (C=O) groups is 2. The number of likely N-dealkylation sites (tertiary alicyclic amines) is 1. The summed E-state index contributed by atoms with van der Waals surface area (Å²) in [6.45, 7) is 2.41. The van der Waals surface area contributed by atoms with Crippen LogP contribution >= 0.6 is 0 Å². The van der Waals surface area contributed by atoms with Crippen LogP contribution in [-0.4, -0.2) is 28.4 Å². The van der Waals surface area contributed by atoms with Crippen molar-refractivity contribution in [2.24, 2.45) is 5.92 Å². The van der Waals surface area contributed by atoms with Crippen LogP contribution in [0.4, 0.5) is 4.39 Å². The summed E-state index contributed by atoms with van der Waals surface area (Å²) in [6, 6.07) is 5.60. The third-order valence-corrected chi connectivity index (χ3v) is 3.52. The SMILES string of the molecule is C[C@H]1CC[C@H](c2ccc(F)cc2)N(C(=O)C(=O)O)C1. The summed E-state index contributed by atoms with van der Waals surface area (Å²) in [7, 11) is 0. The smallest absolute Gasteiger partial charge is 0.394 e.